The number of hydrogen-bond donors (Lipinski definition) is 3. The molecule has 0 unspecified atom stereocenters. The molecule has 0 spiro atoms. The van der Waals surface area contributed by atoms with Crippen molar-refractivity contribution in [3.63, 3.8) is 0 Å². The molecule has 0 amide bonds. The Morgan fingerprint density at radius 3 is 2.64 bits per heavy atom. The fourth-order valence-corrected chi connectivity index (χ4v) is 1.21. The first-order valence-electron chi connectivity index (χ1n) is 3.95. The highest BCUT2D eigenvalue weighted by Gasteiger charge is 2.12. The fraction of sp³-hybridized carbons (Fsp3) is 0. The van der Waals surface area contributed by atoms with Gasteiger partial charge in [0.1, 0.15) is 0 Å². The fourth-order valence-electron chi connectivity index (χ4n) is 1.21. The molecule has 2 aromatic rings. The minimum Gasteiger partial charge on any atom is -0.492 e. The zero-order valence-corrected chi connectivity index (χ0v) is 7.15. The zero-order valence-electron chi connectivity index (χ0n) is 7.15. The molecular formula is C9H8N2O3. The highest BCUT2D eigenvalue weighted by molar-refractivity contribution is 5.74. The van der Waals surface area contributed by atoms with E-state index in [2.05, 4.69) is 4.98 Å². The Kier molecular flexibility index (Phi) is 1.78. The second kappa shape index (κ2) is 2.95. The summed E-state index contributed by atoms with van der Waals surface area (Å²) in [5.41, 5.74) is 6.57. The number of aromatic hydroxyl groups is 1. The molecular weight excluding hydrogens is 184 g/mol. The summed E-state index contributed by atoms with van der Waals surface area (Å²) in [7, 11) is 0. The highest BCUT2D eigenvalue weighted by atomic mass is 16.4. The molecule has 0 aliphatic heterocycles. The normalized spacial score (nSPS) is 10.3. The van der Waals surface area contributed by atoms with Gasteiger partial charge in [-0.15, -0.1) is 0 Å². The number of nitrogen functional groups attached to an aromatic ring is 1. The average molecular weight is 192 g/mol. The van der Waals surface area contributed by atoms with Gasteiger partial charge >= 0.3 is 5.76 Å². The summed E-state index contributed by atoms with van der Waals surface area (Å²) < 4.78 is 4.74. The van der Waals surface area contributed by atoms with Crippen molar-refractivity contribution in [1.82, 2.24) is 4.98 Å². The smallest absolute Gasteiger partial charge is 0.419 e. The van der Waals surface area contributed by atoms with Gasteiger partial charge in [-0.3, -0.25) is 4.98 Å². The maximum Gasteiger partial charge on any atom is 0.419 e. The SMILES string of the molecule is Nc1ccccc1-c1oc(=O)[nH]c1O. The molecule has 0 aliphatic rings. The number of nitrogens with one attached hydrogen (secondary N) is 1. The maximum absolute atomic E-state index is 10.8. The Hall–Kier alpha value is -2.17. The standard InChI is InChI=1S/C9H8N2O3/c10-6-4-2-1-3-5(6)7-8(12)11-9(13)14-7/h1-4,12H,10H2,(H,11,13). The summed E-state index contributed by atoms with van der Waals surface area (Å²) in [6.07, 6.45) is 0. The van der Waals surface area contributed by atoms with Crippen molar-refractivity contribution >= 4 is 5.69 Å². The average Bonchev–Trinajstić information content (AvgIpc) is 2.46. The first-order valence-corrected chi connectivity index (χ1v) is 3.95. The number of rotatable bonds is 1. The number of oxazole rings is 1. The largest absolute Gasteiger partial charge is 0.492 e. The van der Waals surface area contributed by atoms with E-state index in [4.69, 9.17) is 10.2 Å². The Labute approximate surface area is 78.8 Å². The van der Waals surface area contributed by atoms with E-state index in [0.29, 0.717) is 11.3 Å². The quantitative estimate of drug-likeness (QED) is 0.586. The van der Waals surface area contributed by atoms with E-state index in [-0.39, 0.29) is 11.6 Å². The molecule has 72 valence electrons. The van der Waals surface area contributed by atoms with Crippen LogP contribution < -0.4 is 11.5 Å². The molecule has 1 aromatic carbocycles. The van der Waals surface area contributed by atoms with Crippen molar-refractivity contribution in [1.29, 1.82) is 0 Å². The third-order valence-electron chi connectivity index (χ3n) is 1.84. The van der Waals surface area contributed by atoms with Gasteiger partial charge in [-0.05, 0) is 12.1 Å². The second-order valence-corrected chi connectivity index (χ2v) is 2.78. The number of para-hydroxylation sites is 1. The van der Waals surface area contributed by atoms with Crippen molar-refractivity contribution in [2.45, 2.75) is 0 Å². The summed E-state index contributed by atoms with van der Waals surface area (Å²) in [6, 6.07) is 6.79. The maximum atomic E-state index is 10.8. The molecule has 0 fully saturated rings. The molecule has 0 atom stereocenters. The van der Waals surface area contributed by atoms with Gasteiger partial charge in [0.2, 0.25) is 11.6 Å². The van der Waals surface area contributed by atoms with Crippen LogP contribution in [0.4, 0.5) is 5.69 Å². The van der Waals surface area contributed by atoms with Crippen LogP contribution in [0, 0.1) is 0 Å². The lowest BCUT2D eigenvalue weighted by Crippen LogP contribution is -1.93. The van der Waals surface area contributed by atoms with E-state index >= 15 is 0 Å². The van der Waals surface area contributed by atoms with Crippen molar-refractivity contribution in [2.75, 3.05) is 5.73 Å². The van der Waals surface area contributed by atoms with Gasteiger partial charge in [-0.1, -0.05) is 12.1 Å². The Morgan fingerprint density at radius 1 is 1.36 bits per heavy atom. The van der Waals surface area contributed by atoms with Gasteiger partial charge < -0.3 is 15.3 Å². The van der Waals surface area contributed by atoms with Crippen LogP contribution in [0.3, 0.4) is 0 Å². The van der Waals surface area contributed by atoms with Crippen LogP contribution >= 0.6 is 0 Å². The van der Waals surface area contributed by atoms with E-state index < -0.39 is 5.76 Å². The van der Waals surface area contributed by atoms with Crippen molar-refractivity contribution < 1.29 is 9.52 Å². The Bertz CT molecular complexity index is 513. The molecule has 0 saturated heterocycles. The molecule has 5 heteroatoms. The van der Waals surface area contributed by atoms with Crippen LogP contribution in [0.25, 0.3) is 11.3 Å². The lowest BCUT2D eigenvalue weighted by Gasteiger charge is -2.00. The van der Waals surface area contributed by atoms with Crippen molar-refractivity contribution in [3.8, 4) is 17.2 Å². The van der Waals surface area contributed by atoms with Gasteiger partial charge in [0.05, 0.1) is 0 Å². The van der Waals surface area contributed by atoms with Crippen LogP contribution in [0.15, 0.2) is 33.5 Å². The minimum atomic E-state index is -0.708. The second-order valence-electron chi connectivity index (χ2n) is 2.78. The molecule has 4 N–H and O–H groups in total. The van der Waals surface area contributed by atoms with Gasteiger partial charge in [0, 0.05) is 11.3 Å². The van der Waals surface area contributed by atoms with Crippen molar-refractivity contribution in [3.05, 3.63) is 34.8 Å². The molecule has 5 nitrogen and oxygen atoms in total. The van der Waals surface area contributed by atoms with Crippen LogP contribution in [-0.2, 0) is 0 Å². The number of aromatic amines is 1. The predicted octanol–water partition coefficient (Wildman–Crippen LogP) is 0.923. The van der Waals surface area contributed by atoms with Gasteiger partial charge in [0.25, 0.3) is 0 Å². The van der Waals surface area contributed by atoms with Crippen LogP contribution in [0.5, 0.6) is 5.88 Å². The van der Waals surface area contributed by atoms with Crippen LogP contribution in [-0.4, -0.2) is 10.1 Å². The first kappa shape index (κ1) is 8.43. The molecule has 0 bridgehead atoms. The zero-order chi connectivity index (χ0) is 10.1. The van der Waals surface area contributed by atoms with Gasteiger partial charge in [-0.2, -0.15) is 0 Å². The molecule has 0 radical (unpaired) electrons. The summed E-state index contributed by atoms with van der Waals surface area (Å²) in [5, 5.41) is 9.30. The van der Waals surface area contributed by atoms with Gasteiger partial charge in [-0.25, -0.2) is 4.79 Å². The van der Waals surface area contributed by atoms with E-state index in [1.165, 1.54) is 0 Å². The highest BCUT2D eigenvalue weighted by Crippen LogP contribution is 2.30. The lowest BCUT2D eigenvalue weighted by molar-refractivity contribution is 0.453. The topological polar surface area (TPSA) is 92.2 Å². The van der Waals surface area contributed by atoms with E-state index in [1.54, 1.807) is 24.3 Å². The summed E-state index contributed by atoms with van der Waals surface area (Å²) >= 11 is 0. The summed E-state index contributed by atoms with van der Waals surface area (Å²) in [4.78, 5) is 12.9. The molecule has 0 saturated carbocycles. The third kappa shape index (κ3) is 1.24. The number of benzene rings is 1. The van der Waals surface area contributed by atoms with E-state index in [1.807, 2.05) is 0 Å². The lowest BCUT2D eigenvalue weighted by atomic mass is 10.1. The molecule has 1 heterocycles. The monoisotopic (exact) mass is 192 g/mol. The third-order valence-corrected chi connectivity index (χ3v) is 1.84. The number of hydrogen-bond acceptors (Lipinski definition) is 4. The number of H-pyrrole nitrogens is 1. The molecule has 0 aliphatic carbocycles. The molecule has 2 rings (SSSR count). The first-order chi connectivity index (χ1) is 6.68. The van der Waals surface area contributed by atoms with Crippen molar-refractivity contribution in [2.24, 2.45) is 0 Å². The summed E-state index contributed by atoms with van der Waals surface area (Å²) in [6.45, 7) is 0. The molecule has 1 aromatic heterocycles. The number of nitrogens with two attached hydrogens (primary N) is 1. The van der Waals surface area contributed by atoms with Crippen LogP contribution in [0.2, 0.25) is 0 Å². The predicted molar refractivity (Wildman–Crippen MR) is 50.8 cm³/mol. The van der Waals surface area contributed by atoms with E-state index in [9.17, 15) is 9.90 Å². The van der Waals surface area contributed by atoms with E-state index in [0.717, 1.165) is 0 Å². The Balaban J connectivity index is 2.66. The van der Waals surface area contributed by atoms with Crippen LogP contribution in [0.1, 0.15) is 0 Å². The Morgan fingerprint density at radius 2 is 2.07 bits per heavy atom. The minimum absolute atomic E-state index is 0.0631. The number of aromatic nitrogens is 1. The molecule has 14 heavy (non-hydrogen) atoms. The summed E-state index contributed by atoms with van der Waals surface area (Å²) in [5.74, 6) is -0.957. The van der Waals surface area contributed by atoms with Gasteiger partial charge in [0.15, 0.2) is 0 Å². The number of anilines is 1.